The zero-order valence-electron chi connectivity index (χ0n) is 9.32. The Morgan fingerprint density at radius 2 is 2.12 bits per heavy atom. The SMILES string of the molecule is CCNC(=O)c1ccc([N+](=O)[O-])c(CC)c1. The van der Waals surface area contributed by atoms with E-state index in [0.717, 1.165) is 0 Å². The third kappa shape index (κ3) is 2.56. The summed E-state index contributed by atoms with van der Waals surface area (Å²) in [6, 6.07) is 4.43. The van der Waals surface area contributed by atoms with Crippen LogP contribution in [0.15, 0.2) is 18.2 Å². The molecule has 1 aromatic carbocycles. The smallest absolute Gasteiger partial charge is 0.272 e. The van der Waals surface area contributed by atoms with E-state index in [4.69, 9.17) is 0 Å². The van der Waals surface area contributed by atoms with Crippen molar-refractivity contribution in [3.8, 4) is 0 Å². The van der Waals surface area contributed by atoms with E-state index in [1.54, 1.807) is 6.07 Å². The number of rotatable bonds is 4. The molecule has 1 amide bonds. The molecule has 5 nitrogen and oxygen atoms in total. The molecule has 0 atom stereocenters. The molecule has 1 rings (SSSR count). The van der Waals surface area contributed by atoms with E-state index in [2.05, 4.69) is 5.32 Å². The maximum absolute atomic E-state index is 11.5. The zero-order valence-corrected chi connectivity index (χ0v) is 9.32. The summed E-state index contributed by atoms with van der Waals surface area (Å²) in [5.74, 6) is -0.202. The van der Waals surface area contributed by atoms with Gasteiger partial charge >= 0.3 is 0 Å². The molecule has 1 aromatic rings. The predicted octanol–water partition coefficient (Wildman–Crippen LogP) is 1.91. The second-order valence-electron chi connectivity index (χ2n) is 3.31. The number of aryl methyl sites for hydroxylation is 1. The van der Waals surface area contributed by atoms with Gasteiger partial charge in [0.15, 0.2) is 0 Å². The molecule has 0 radical (unpaired) electrons. The Kier molecular flexibility index (Phi) is 3.99. The van der Waals surface area contributed by atoms with Gasteiger partial charge < -0.3 is 5.32 Å². The Hall–Kier alpha value is -1.91. The first-order valence-corrected chi connectivity index (χ1v) is 5.15. The number of carbonyl (C=O) groups is 1. The van der Waals surface area contributed by atoms with Crippen molar-refractivity contribution in [3.63, 3.8) is 0 Å². The minimum atomic E-state index is -0.430. The van der Waals surface area contributed by atoms with Crippen molar-refractivity contribution >= 4 is 11.6 Å². The lowest BCUT2D eigenvalue weighted by Crippen LogP contribution is -2.22. The number of nitrogens with zero attached hydrogens (tertiary/aromatic N) is 1. The van der Waals surface area contributed by atoms with E-state index < -0.39 is 4.92 Å². The van der Waals surface area contributed by atoms with Gasteiger partial charge in [-0.25, -0.2) is 0 Å². The lowest BCUT2D eigenvalue weighted by Gasteiger charge is -2.04. The van der Waals surface area contributed by atoms with Gasteiger partial charge in [0.1, 0.15) is 0 Å². The van der Waals surface area contributed by atoms with Gasteiger partial charge in [-0.15, -0.1) is 0 Å². The molecule has 0 saturated carbocycles. The van der Waals surface area contributed by atoms with Crippen LogP contribution in [0.1, 0.15) is 29.8 Å². The number of benzene rings is 1. The first-order valence-electron chi connectivity index (χ1n) is 5.15. The molecule has 0 bridgehead atoms. The van der Waals surface area contributed by atoms with Crippen LogP contribution in [0.2, 0.25) is 0 Å². The molecule has 0 fully saturated rings. The molecular formula is C11H14N2O3. The van der Waals surface area contributed by atoms with Crippen molar-refractivity contribution in [2.75, 3.05) is 6.54 Å². The quantitative estimate of drug-likeness (QED) is 0.624. The Morgan fingerprint density at radius 3 is 2.62 bits per heavy atom. The van der Waals surface area contributed by atoms with Crippen LogP contribution in [0.25, 0.3) is 0 Å². The van der Waals surface area contributed by atoms with E-state index in [-0.39, 0.29) is 11.6 Å². The molecule has 0 aliphatic rings. The van der Waals surface area contributed by atoms with Gasteiger partial charge in [0.25, 0.3) is 11.6 Å². The molecule has 5 heteroatoms. The average molecular weight is 222 g/mol. The Bertz CT molecular complexity index is 416. The predicted molar refractivity (Wildman–Crippen MR) is 60.5 cm³/mol. The van der Waals surface area contributed by atoms with Gasteiger partial charge in [-0.1, -0.05) is 6.92 Å². The maximum Gasteiger partial charge on any atom is 0.272 e. The molecule has 0 heterocycles. The van der Waals surface area contributed by atoms with Crippen LogP contribution in [-0.2, 0) is 6.42 Å². The van der Waals surface area contributed by atoms with Gasteiger partial charge in [0.05, 0.1) is 4.92 Å². The molecule has 1 N–H and O–H groups in total. The van der Waals surface area contributed by atoms with E-state index in [9.17, 15) is 14.9 Å². The highest BCUT2D eigenvalue weighted by Gasteiger charge is 2.14. The Labute approximate surface area is 93.6 Å². The Balaban J connectivity index is 3.08. The Morgan fingerprint density at radius 1 is 1.44 bits per heavy atom. The molecule has 0 unspecified atom stereocenters. The number of amides is 1. The summed E-state index contributed by atoms with van der Waals surface area (Å²) < 4.78 is 0. The third-order valence-corrected chi connectivity index (χ3v) is 2.26. The highest BCUT2D eigenvalue weighted by Crippen LogP contribution is 2.20. The van der Waals surface area contributed by atoms with Crippen molar-refractivity contribution in [2.45, 2.75) is 20.3 Å². The van der Waals surface area contributed by atoms with Gasteiger partial charge in [-0.05, 0) is 25.5 Å². The van der Waals surface area contributed by atoms with Crippen LogP contribution >= 0.6 is 0 Å². The van der Waals surface area contributed by atoms with Crippen LogP contribution in [0.3, 0.4) is 0 Å². The second-order valence-corrected chi connectivity index (χ2v) is 3.31. The van der Waals surface area contributed by atoms with Crippen LogP contribution in [-0.4, -0.2) is 17.4 Å². The topological polar surface area (TPSA) is 72.2 Å². The van der Waals surface area contributed by atoms with Crippen LogP contribution in [0, 0.1) is 10.1 Å². The summed E-state index contributed by atoms with van der Waals surface area (Å²) in [5, 5.41) is 13.3. The lowest BCUT2D eigenvalue weighted by atomic mass is 10.1. The summed E-state index contributed by atoms with van der Waals surface area (Å²) in [4.78, 5) is 21.8. The van der Waals surface area contributed by atoms with Gasteiger partial charge in [-0.2, -0.15) is 0 Å². The molecule has 16 heavy (non-hydrogen) atoms. The van der Waals surface area contributed by atoms with E-state index >= 15 is 0 Å². The standard InChI is InChI=1S/C11H14N2O3/c1-3-8-7-9(11(14)12-4-2)5-6-10(8)13(15)16/h5-7H,3-4H2,1-2H3,(H,12,14). The van der Waals surface area contributed by atoms with Crippen LogP contribution in [0.5, 0.6) is 0 Å². The lowest BCUT2D eigenvalue weighted by molar-refractivity contribution is -0.385. The first-order chi connectivity index (χ1) is 7.60. The average Bonchev–Trinajstić information content (AvgIpc) is 2.28. The largest absolute Gasteiger partial charge is 0.352 e. The number of nitrogens with one attached hydrogen (secondary N) is 1. The summed E-state index contributed by atoms with van der Waals surface area (Å²) >= 11 is 0. The number of nitro benzene ring substituents is 1. The van der Waals surface area contributed by atoms with Crippen LogP contribution < -0.4 is 5.32 Å². The first kappa shape index (κ1) is 12.2. The number of nitro groups is 1. The molecule has 0 aliphatic heterocycles. The fourth-order valence-electron chi connectivity index (χ4n) is 1.45. The highest BCUT2D eigenvalue weighted by atomic mass is 16.6. The van der Waals surface area contributed by atoms with Crippen molar-refractivity contribution in [1.29, 1.82) is 0 Å². The van der Waals surface area contributed by atoms with E-state index in [1.165, 1.54) is 12.1 Å². The van der Waals surface area contributed by atoms with Crippen molar-refractivity contribution in [2.24, 2.45) is 0 Å². The molecule has 0 aromatic heterocycles. The number of carbonyl (C=O) groups excluding carboxylic acids is 1. The minimum absolute atomic E-state index is 0.0653. The summed E-state index contributed by atoms with van der Waals surface area (Å²) in [5.41, 5.74) is 1.11. The van der Waals surface area contributed by atoms with E-state index in [0.29, 0.717) is 24.1 Å². The van der Waals surface area contributed by atoms with Crippen molar-refractivity contribution in [3.05, 3.63) is 39.4 Å². The second kappa shape index (κ2) is 5.25. The monoisotopic (exact) mass is 222 g/mol. The maximum atomic E-state index is 11.5. The summed E-state index contributed by atoms with van der Waals surface area (Å²) in [6.45, 7) is 4.19. The fraction of sp³-hybridized carbons (Fsp3) is 0.364. The number of hydrogen-bond acceptors (Lipinski definition) is 3. The van der Waals surface area contributed by atoms with Gasteiger partial charge in [0, 0.05) is 23.7 Å². The fourth-order valence-corrected chi connectivity index (χ4v) is 1.45. The summed E-state index contributed by atoms with van der Waals surface area (Å²) in [7, 11) is 0. The zero-order chi connectivity index (χ0) is 12.1. The molecular weight excluding hydrogens is 208 g/mol. The number of hydrogen-bond donors (Lipinski definition) is 1. The molecule has 0 spiro atoms. The van der Waals surface area contributed by atoms with Crippen molar-refractivity contribution < 1.29 is 9.72 Å². The third-order valence-electron chi connectivity index (χ3n) is 2.26. The normalized spacial score (nSPS) is 9.88. The molecule has 86 valence electrons. The molecule has 0 aliphatic carbocycles. The van der Waals surface area contributed by atoms with Gasteiger partial charge in [0.2, 0.25) is 0 Å². The highest BCUT2D eigenvalue weighted by molar-refractivity contribution is 5.94. The van der Waals surface area contributed by atoms with E-state index in [1.807, 2.05) is 13.8 Å². The van der Waals surface area contributed by atoms with Gasteiger partial charge in [-0.3, -0.25) is 14.9 Å². The molecule has 0 saturated heterocycles. The summed E-state index contributed by atoms with van der Waals surface area (Å²) in [6.07, 6.45) is 0.531. The van der Waals surface area contributed by atoms with Crippen LogP contribution in [0.4, 0.5) is 5.69 Å². The minimum Gasteiger partial charge on any atom is -0.352 e. The van der Waals surface area contributed by atoms with Crippen molar-refractivity contribution in [1.82, 2.24) is 5.32 Å².